The minimum absolute atomic E-state index is 0.110. The highest BCUT2D eigenvalue weighted by Crippen LogP contribution is 2.39. The maximum Gasteiger partial charge on any atom is 0.213 e. The first-order valence-corrected chi connectivity index (χ1v) is 7.29. The van der Waals surface area contributed by atoms with Crippen LogP contribution in [0, 0.1) is 22.0 Å². The summed E-state index contributed by atoms with van der Waals surface area (Å²) < 4.78 is 13.1. The molecule has 2 aliphatic rings. The monoisotopic (exact) mass is 256 g/mol. The molecule has 2 fully saturated rings. The van der Waals surface area contributed by atoms with E-state index in [9.17, 15) is 14.5 Å². The predicted molar refractivity (Wildman–Crippen MR) is 68.6 cm³/mol. The fourth-order valence-electron chi connectivity index (χ4n) is 3.43. The van der Waals surface area contributed by atoms with Crippen LogP contribution in [-0.2, 0) is 0 Å². The highest BCUT2D eigenvalue weighted by molar-refractivity contribution is 4.99. The van der Waals surface area contributed by atoms with Gasteiger partial charge in [0.1, 0.15) is 6.17 Å². The Morgan fingerprint density at radius 2 is 1.72 bits per heavy atom. The maximum atomic E-state index is 13.1. The zero-order valence-electron chi connectivity index (χ0n) is 10.9. The fourth-order valence-corrected chi connectivity index (χ4v) is 3.43. The van der Waals surface area contributed by atoms with E-state index < -0.39 is 6.17 Å². The first-order chi connectivity index (χ1) is 8.66. The molecule has 0 amide bonds. The summed E-state index contributed by atoms with van der Waals surface area (Å²) in [4.78, 5) is 10.8. The average molecular weight is 256 g/mol. The smallest absolute Gasteiger partial charge is 0.213 e. The normalized spacial score (nSPS) is 35.7. The summed E-state index contributed by atoms with van der Waals surface area (Å²) in [6.45, 7) is 0. The Kier molecular flexibility index (Phi) is 4.95. The molecular formula is C14H23FNO2. The standard InChI is InChI=1S/C14H23FNO2/c15-13-8-5-12(6-9-13)11-3-1-2-4-14(10-7-11)16(17)18/h12-14H,1-10H2. The third-order valence-corrected chi connectivity index (χ3v) is 4.62. The lowest BCUT2D eigenvalue weighted by molar-refractivity contribution is -0.524. The Hall–Kier alpha value is -0.670. The molecule has 1 unspecified atom stereocenters. The molecule has 103 valence electrons. The molecule has 1 radical (unpaired) electrons. The molecule has 0 spiro atoms. The van der Waals surface area contributed by atoms with Crippen LogP contribution in [0.2, 0.25) is 0 Å². The van der Waals surface area contributed by atoms with Crippen LogP contribution in [-0.4, -0.2) is 17.1 Å². The molecule has 0 saturated heterocycles. The predicted octanol–water partition coefficient (Wildman–Crippen LogP) is 4.09. The molecule has 0 N–H and O–H groups in total. The quantitative estimate of drug-likeness (QED) is 0.551. The zero-order valence-corrected chi connectivity index (χ0v) is 10.9. The van der Waals surface area contributed by atoms with Crippen LogP contribution in [0.3, 0.4) is 0 Å². The molecule has 2 saturated carbocycles. The van der Waals surface area contributed by atoms with Gasteiger partial charge in [0.25, 0.3) is 0 Å². The first-order valence-electron chi connectivity index (χ1n) is 7.29. The van der Waals surface area contributed by atoms with Crippen molar-refractivity contribution < 1.29 is 9.31 Å². The first kappa shape index (κ1) is 13.8. The topological polar surface area (TPSA) is 43.1 Å². The number of hydrogen-bond donors (Lipinski definition) is 0. The molecule has 0 bridgehead atoms. The van der Waals surface area contributed by atoms with Gasteiger partial charge in [-0.05, 0) is 56.8 Å². The SMILES string of the molecule is O=[N+]([O-])C1CCCC[C](C2CCC(F)CC2)CC1. The van der Waals surface area contributed by atoms with Crippen LogP contribution < -0.4 is 0 Å². The Morgan fingerprint density at radius 3 is 2.39 bits per heavy atom. The molecule has 0 aliphatic heterocycles. The van der Waals surface area contributed by atoms with Crippen molar-refractivity contribution >= 4 is 0 Å². The molecule has 18 heavy (non-hydrogen) atoms. The van der Waals surface area contributed by atoms with Crippen LogP contribution in [0.1, 0.15) is 64.2 Å². The number of alkyl halides is 1. The summed E-state index contributed by atoms with van der Waals surface area (Å²) in [6.07, 6.45) is 8.16. The van der Waals surface area contributed by atoms with Gasteiger partial charge < -0.3 is 0 Å². The van der Waals surface area contributed by atoms with Gasteiger partial charge >= 0.3 is 0 Å². The van der Waals surface area contributed by atoms with Gasteiger partial charge in [-0.25, -0.2) is 4.39 Å². The van der Waals surface area contributed by atoms with E-state index >= 15 is 0 Å². The summed E-state index contributed by atoms with van der Waals surface area (Å²) in [5.41, 5.74) is 0. The van der Waals surface area contributed by atoms with Gasteiger partial charge in [0.2, 0.25) is 6.04 Å². The minimum Gasteiger partial charge on any atom is -0.264 e. The van der Waals surface area contributed by atoms with Gasteiger partial charge in [-0.3, -0.25) is 10.1 Å². The summed E-state index contributed by atoms with van der Waals surface area (Å²) in [7, 11) is 0. The molecule has 2 rings (SSSR count). The zero-order chi connectivity index (χ0) is 13.0. The van der Waals surface area contributed by atoms with Gasteiger partial charge in [0, 0.05) is 17.8 Å². The summed E-state index contributed by atoms with van der Waals surface area (Å²) >= 11 is 0. The van der Waals surface area contributed by atoms with Crippen LogP contribution in [0.4, 0.5) is 4.39 Å². The number of nitro groups is 1. The summed E-state index contributed by atoms with van der Waals surface area (Å²) in [6, 6.07) is -0.349. The molecule has 3 nitrogen and oxygen atoms in total. The fraction of sp³-hybridized carbons (Fsp3) is 0.929. The second kappa shape index (κ2) is 6.48. The maximum absolute atomic E-state index is 13.1. The molecule has 0 aromatic carbocycles. The van der Waals surface area contributed by atoms with Crippen molar-refractivity contribution in [1.82, 2.24) is 0 Å². The summed E-state index contributed by atoms with van der Waals surface area (Å²) in [5.74, 6) is 2.04. The van der Waals surface area contributed by atoms with Gasteiger partial charge in [0.05, 0.1) is 0 Å². The van der Waals surface area contributed by atoms with Crippen molar-refractivity contribution in [2.24, 2.45) is 5.92 Å². The van der Waals surface area contributed by atoms with E-state index in [1.165, 1.54) is 5.92 Å². The lowest BCUT2D eigenvalue weighted by Crippen LogP contribution is -2.26. The van der Waals surface area contributed by atoms with Crippen LogP contribution in [0.25, 0.3) is 0 Å². The van der Waals surface area contributed by atoms with Crippen LogP contribution in [0.5, 0.6) is 0 Å². The number of nitrogens with zero attached hydrogens (tertiary/aromatic N) is 1. The second-order valence-corrected chi connectivity index (χ2v) is 5.83. The third kappa shape index (κ3) is 3.66. The second-order valence-electron chi connectivity index (χ2n) is 5.83. The molecule has 4 heteroatoms. The van der Waals surface area contributed by atoms with Crippen LogP contribution in [0.15, 0.2) is 0 Å². The van der Waals surface area contributed by atoms with E-state index in [1.54, 1.807) is 0 Å². The van der Waals surface area contributed by atoms with Gasteiger partial charge in [0.15, 0.2) is 0 Å². The number of halogens is 1. The van der Waals surface area contributed by atoms with E-state index in [1.807, 2.05) is 0 Å². The Morgan fingerprint density at radius 1 is 1.00 bits per heavy atom. The Balaban J connectivity index is 1.86. The van der Waals surface area contributed by atoms with Gasteiger partial charge in [-0.1, -0.05) is 6.42 Å². The minimum atomic E-state index is -0.609. The molecule has 0 aromatic heterocycles. The number of hydrogen-bond acceptors (Lipinski definition) is 2. The van der Waals surface area contributed by atoms with Crippen molar-refractivity contribution in [3.8, 4) is 0 Å². The van der Waals surface area contributed by atoms with Crippen molar-refractivity contribution in [3.05, 3.63) is 16.0 Å². The lowest BCUT2D eigenvalue weighted by Gasteiger charge is -2.32. The molecular weight excluding hydrogens is 233 g/mol. The van der Waals surface area contributed by atoms with Gasteiger partial charge in [-0.15, -0.1) is 0 Å². The largest absolute Gasteiger partial charge is 0.264 e. The molecule has 0 aromatic rings. The Labute approximate surface area is 108 Å². The van der Waals surface area contributed by atoms with E-state index in [0.29, 0.717) is 25.2 Å². The average Bonchev–Trinajstić information content (AvgIpc) is 2.30. The third-order valence-electron chi connectivity index (χ3n) is 4.62. The molecule has 0 heterocycles. The molecule has 1 atom stereocenters. The summed E-state index contributed by atoms with van der Waals surface area (Å²) in [5, 5.41) is 10.9. The number of rotatable bonds is 2. The van der Waals surface area contributed by atoms with Crippen molar-refractivity contribution in [2.75, 3.05) is 0 Å². The van der Waals surface area contributed by atoms with Gasteiger partial charge in [-0.2, -0.15) is 0 Å². The Bertz CT molecular complexity index is 277. The van der Waals surface area contributed by atoms with E-state index in [2.05, 4.69) is 0 Å². The van der Waals surface area contributed by atoms with E-state index in [4.69, 9.17) is 0 Å². The van der Waals surface area contributed by atoms with Crippen molar-refractivity contribution in [2.45, 2.75) is 76.4 Å². The highest BCUT2D eigenvalue weighted by atomic mass is 19.1. The van der Waals surface area contributed by atoms with Crippen molar-refractivity contribution in [3.63, 3.8) is 0 Å². The van der Waals surface area contributed by atoms with Crippen molar-refractivity contribution in [1.29, 1.82) is 0 Å². The van der Waals surface area contributed by atoms with E-state index in [-0.39, 0.29) is 11.0 Å². The lowest BCUT2D eigenvalue weighted by atomic mass is 9.74. The molecule has 2 aliphatic carbocycles. The van der Waals surface area contributed by atoms with E-state index in [0.717, 1.165) is 44.9 Å². The van der Waals surface area contributed by atoms with Crippen LogP contribution >= 0.6 is 0 Å². The highest BCUT2D eigenvalue weighted by Gasteiger charge is 2.31.